The largest absolute Gasteiger partial charge is 0.496 e. The van der Waals surface area contributed by atoms with E-state index in [4.69, 9.17) is 9.47 Å². The first-order valence-electron chi connectivity index (χ1n) is 6.93. The van der Waals surface area contributed by atoms with Crippen molar-refractivity contribution in [3.05, 3.63) is 22.2 Å². The molecule has 1 heterocycles. The Balaban J connectivity index is 2.07. The van der Waals surface area contributed by atoms with E-state index in [-0.39, 0.29) is 5.91 Å². The molecular weight excluding hydrogens is 336 g/mol. The minimum absolute atomic E-state index is 0.151. The molecule has 1 aliphatic rings. The monoisotopic (exact) mass is 356 g/mol. The van der Waals surface area contributed by atoms with Gasteiger partial charge in [-0.15, -0.1) is 0 Å². The standard InChI is InChI=1S/C15H21BrN2O3/c1-11(19)18-6-4-17(5-7-18)10-12-8-15(21-3)13(16)9-14(12)20-2/h8-9H,4-7,10H2,1-3H3. The van der Waals surface area contributed by atoms with Gasteiger partial charge in [0.25, 0.3) is 0 Å². The molecule has 0 saturated carbocycles. The van der Waals surface area contributed by atoms with Gasteiger partial charge in [-0.05, 0) is 28.1 Å². The number of carbonyl (C=O) groups is 1. The number of ether oxygens (including phenoxy) is 2. The molecule has 2 rings (SSSR count). The Labute approximate surface area is 133 Å². The number of carbonyl (C=O) groups excluding carboxylic acids is 1. The number of halogens is 1. The fourth-order valence-corrected chi connectivity index (χ4v) is 2.99. The predicted molar refractivity (Wildman–Crippen MR) is 84.8 cm³/mol. The van der Waals surface area contributed by atoms with Gasteiger partial charge in [-0.2, -0.15) is 0 Å². The number of rotatable bonds is 4. The summed E-state index contributed by atoms with van der Waals surface area (Å²) >= 11 is 3.47. The summed E-state index contributed by atoms with van der Waals surface area (Å²) in [5.41, 5.74) is 1.09. The van der Waals surface area contributed by atoms with E-state index >= 15 is 0 Å². The van der Waals surface area contributed by atoms with Crippen LogP contribution in [0.15, 0.2) is 16.6 Å². The van der Waals surface area contributed by atoms with Crippen LogP contribution in [-0.4, -0.2) is 56.1 Å². The van der Waals surface area contributed by atoms with Crippen molar-refractivity contribution in [2.45, 2.75) is 13.5 Å². The van der Waals surface area contributed by atoms with Crippen molar-refractivity contribution in [3.63, 3.8) is 0 Å². The summed E-state index contributed by atoms with van der Waals surface area (Å²) in [6, 6.07) is 3.93. The van der Waals surface area contributed by atoms with Gasteiger partial charge in [-0.1, -0.05) is 0 Å². The zero-order chi connectivity index (χ0) is 15.4. The average Bonchev–Trinajstić information content (AvgIpc) is 2.49. The summed E-state index contributed by atoms with van der Waals surface area (Å²) in [5, 5.41) is 0. The van der Waals surface area contributed by atoms with E-state index in [2.05, 4.69) is 20.8 Å². The van der Waals surface area contributed by atoms with Gasteiger partial charge in [0.05, 0.1) is 18.7 Å². The minimum atomic E-state index is 0.151. The number of piperazine rings is 1. The van der Waals surface area contributed by atoms with Crippen LogP contribution in [0.4, 0.5) is 0 Å². The summed E-state index contributed by atoms with van der Waals surface area (Å²) in [4.78, 5) is 15.6. The van der Waals surface area contributed by atoms with E-state index in [1.165, 1.54) is 0 Å². The van der Waals surface area contributed by atoms with Crippen molar-refractivity contribution < 1.29 is 14.3 Å². The van der Waals surface area contributed by atoms with Crippen molar-refractivity contribution in [2.75, 3.05) is 40.4 Å². The Hall–Kier alpha value is -1.27. The summed E-state index contributed by atoms with van der Waals surface area (Å²) in [6.45, 7) is 5.73. The molecule has 1 amide bonds. The first-order chi connectivity index (χ1) is 10.0. The van der Waals surface area contributed by atoms with Crippen LogP contribution in [0.1, 0.15) is 12.5 Å². The molecule has 0 aromatic heterocycles. The average molecular weight is 357 g/mol. The maximum atomic E-state index is 11.4. The van der Waals surface area contributed by atoms with Gasteiger partial charge in [-0.3, -0.25) is 9.69 Å². The normalized spacial score (nSPS) is 15.9. The highest BCUT2D eigenvalue weighted by Crippen LogP contribution is 2.33. The first kappa shape index (κ1) is 16.1. The molecule has 21 heavy (non-hydrogen) atoms. The number of hydrogen-bond acceptors (Lipinski definition) is 4. The molecule has 1 aromatic rings. The highest BCUT2D eigenvalue weighted by molar-refractivity contribution is 9.10. The molecule has 1 fully saturated rings. The van der Waals surface area contributed by atoms with Crippen LogP contribution in [0, 0.1) is 0 Å². The third kappa shape index (κ3) is 3.89. The van der Waals surface area contributed by atoms with E-state index in [0.29, 0.717) is 0 Å². The highest BCUT2D eigenvalue weighted by atomic mass is 79.9. The maximum absolute atomic E-state index is 11.4. The molecule has 6 heteroatoms. The van der Waals surface area contributed by atoms with E-state index in [0.717, 1.165) is 54.3 Å². The molecule has 0 radical (unpaired) electrons. The van der Waals surface area contributed by atoms with Crippen LogP contribution in [-0.2, 0) is 11.3 Å². The molecule has 1 aromatic carbocycles. The van der Waals surface area contributed by atoms with E-state index in [1.54, 1.807) is 21.1 Å². The number of methoxy groups -OCH3 is 2. The van der Waals surface area contributed by atoms with Crippen molar-refractivity contribution >= 4 is 21.8 Å². The predicted octanol–water partition coefficient (Wildman–Crippen LogP) is 2.13. The SMILES string of the molecule is COc1cc(CN2CCN(C(C)=O)CC2)c(OC)cc1Br. The van der Waals surface area contributed by atoms with Gasteiger partial charge in [-0.25, -0.2) is 0 Å². The van der Waals surface area contributed by atoms with Crippen LogP contribution in [0.25, 0.3) is 0 Å². The Bertz CT molecular complexity index is 514. The molecule has 0 atom stereocenters. The lowest BCUT2D eigenvalue weighted by atomic mass is 10.1. The van der Waals surface area contributed by atoms with E-state index in [9.17, 15) is 4.79 Å². The molecule has 0 unspecified atom stereocenters. The molecule has 0 aliphatic carbocycles. The molecule has 1 saturated heterocycles. The second-order valence-electron chi connectivity index (χ2n) is 5.08. The summed E-state index contributed by atoms with van der Waals surface area (Å²) in [6.07, 6.45) is 0. The van der Waals surface area contributed by atoms with Crippen LogP contribution in [0.3, 0.4) is 0 Å². The fraction of sp³-hybridized carbons (Fsp3) is 0.533. The Kier molecular flexibility index (Phi) is 5.47. The zero-order valence-corrected chi connectivity index (χ0v) is 14.3. The lowest BCUT2D eigenvalue weighted by molar-refractivity contribution is -0.130. The lowest BCUT2D eigenvalue weighted by Gasteiger charge is -2.34. The van der Waals surface area contributed by atoms with Crippen molar-refractivity contribution in [2.24, 2.45) is 0 Å². The molecular formula is C15H21BrN2O3. The summed E-state index contributed by atoms with van der Waals surface area (Å²) < 4.78 is 11.7. The Morgan fingerprint density at radius 2 is 1.76 bits per heavy atom. The smallest absolute Gasteiger partial charge is 0.219 e. The fourth-order valence-electron chi connectivity index (χ4n) is 2.51. The van der Waals surface area contributed by atoms with Crippen molar-refractivity contribution in [3.8, 4) is 11.5 Å². The maximum Gasteiger partial charge on any atom is 0.219 e. The van der Waals surface area contributed by atoms with Crippen LogP contribution < -0.4 is 9.47 Å². The second kappa shape index (κ2) is 7.13. The van der Waals surface area contributed by atoms with Gasteiger partial charge in [0.2, 0.25) is 5.91 Å². The number of amides is 1. The van der Waals surface area contributed by atoms with Crippen LogP contribution in [0.2, 0.25) is 0 Å². The molecule has 0 bridgehead atoms. The summed E-state index contributed by atoms with van der Waals surface area (Å²) in [5.74, 6) is 1.79. The van der Waals surface area contributed by atoms with Gasteiger partial charge < -0.3 is 14.4 Å². The van der Waals surface area contributed by atoms with Crippen LogP contribution >= 0.6 is 15.9 Å². The van der Waals surface area contributed by atoms with Gasteiger partial charge >= 0.3 is 0 Å². The molecule has 0 spiro atoms. The summed E-state index contributed by atoms with van der Waals surface area (Å²) in [7, 11) is 3.33. The molecule has 5 nitrogen and oxygen atoms in total. The van der Waals surface area contributed by atoms with Crippen molar-refractivity contribution in [1.82, 2.24) is 9.80 Å². The number of benzene rings is 1. The minimum Gasteiger partial charge on any atom is -0.496 e. The van der Waals surface area contributed by atoms with Crippen molar-refractivity contribution in [1.29, 1.82) is 0 Å². The molecule has 1 aliphatic heterocycles. The van der Waals surface area contributed by atoms with E-state index < -0.39 is 0 Å². The highest BCUT2D eigenvalue weighted by Gasteiger charge is 2.20. The Morgan fingerprint density at radius 1 is 1.14 bits per heavy atom. The van der Waals surface area contributed by atoms with Gasteiger partial charge in [0.1, 0.15) is 11.5 Å². The number of nitrogens with zero attached hydrogens (tertiary/aromatic N) is 2. The first-order valence-corrected chi connectivity index (χ1v) is 7.72. The molecule has 116 valence electrons. The quantitative estimate of drug-likeness (QED) is 0.828. The third-order valence-corrected chi connectivity index (χ3v) is 4.39. The zero-order valence-electron chi connectivity index (χ0n) is 12.7. The van der Waals surface area contributed by atoms with Gasteiger partial charge in [0.15, 0.2) is 0 Å². The van der Waals surface area contributed by atoms with Gasteiger partial charge in [0, 0.05) is 45.2 Å². The lowest BCUT2D eigenvalue weighted by Crippen LogP contribution is -2.47. The van der Waals surface area contributed by atoms with E-state index in [1.807, 2.05) is 17.0 Å². The van der Waals surface area contributed by atoms with Crippen LogP contribution in [0.5, 0.6) is 11.5 Å². The topological polar surface area (TPSA) is 42.0 Å². The number of hydrogen-bond donors (Lipinski definition) is 0. The molecule has 0 N–H and O–H groups in total. The Morgan fingerprint density at radius 3 is 2.29 bits per heavy atom. The second-order valence-corrected chi connectivity index (χ2v) is 5.94. The third-order valence-electron chi connectivity index (χ3n) is 3.77.